The van der Waals surface area contributed by atoms with Crippen LogP contribution in [0.4, 0.5) is 19.0 Å². The zero-order valence-corrected chi connectivity index (χ0v) is 22.4. The highest BCUT2D eigenvalue weighted by Gasteiger charge is 2.45. The van der Waals surface area contributed by atoms with Gasteiger partial charge in [0, 0.05) is 49.7 Å². The van der Waals surface area contributed by atoms with Crippen molar-refractivity contribution in [3.8, 4) is 17.3 Å². The van der Waals surface area contributed by atoms with E-state index in [0.29, 0.717) is 29.1 Å². The third kappa shape index (κ3) is 4.16. The van der Waals surface area contributed by atoms with Gasteiger partial charge in [-0.1, -0.05) is 24.3 Å². The number of rotatable bonds is 7. The van der Waals surface area contributed by atoms with Gasteiger partial charge in [0.05, 0.1) is 10.9 Å². The number of ether oxygens (including phenoxy) is 1. The molecule has 0 aliphatic carbocycles. The van der Waals surface area contributed by atoms with Crippen LogP contribution in [0, 0.1) is 23.4 Å². The standard InChI is InChI=1S/C30H31F3N6O/c1-38(16-18-13-34-14-18)28-21-15-35-26(20-6-2-5-19-7-8-22(31)24(32)23(19)20)25(33)27(21)36-29(37-28)40-17-30-9-3-11-39(30)12-4-10-30/h2,5-8,15,18,34H,3-4,9-14,16-17H2,1H3. The normalized spacial score (nSPS) is 18.8. The Kier molecular flexibility index (Phi) is 6.27. The second kappa shape index (κ2) is 9.85. The molecule has 3 aliphatic rings. The molecular formula is C30H31F3N6O. The fourth-order valence-corrected chi connectivity index (χ4v) is 6.68. The molecule has 0 radical (unpaired) electrons. The molecular weight excluding hydrogens is 517 g/mol. The van der Waals surface area contributed by atoms with Crippen LogP contribution in [0.25, 0.3) is 32.9 Å². The summed E-state index contributed by atoms with van der Waals surface area (Å²) in [5, 5.41) is 4.16. The van der Waals surface area contributed by atoms with Crippen LogP contribution in [-0.4, -0.2) is 71.8 Å². The maximum Gasteiger partial charge on any atom is 0.319 e. The number of halogens is 3. The summed E-state index contributed by atoms with van der Waals surface area (Å²) in [5.74, 6) is -1.77. The van der Waals surface area contributed by atoms with Crippen molar-refractivity contribution in [2.75, 3.05) is 51.3 Å². The molecule has 4 aromatic rings. The number of aromatic nitrogens is 3. The Labute approximate surface area is 230 Å². The largest absolute Gasteiger partial charge is 0.461 e. The van der Waals surface area contributed by atoms with Crippen LogP contribution >= 0.6 is 0 Å². The molecule has 2 aromatic heterocycles. The van der Waals surface area contributed by atoms with Crippen LogP contribution in [-0.2, 0) is 0 Å². The van der Waals surface area contributed by atoms with Crippen molar-refractivity contribution in [3.05, 3.63) is 54.0 Å². The summed E-state index contributed by atoms with van der Waals surface area (Å²) in [6, 6.07) is 7.53. The van der Waals surface area contributed by atoms with E-state index in [0.717, 1.165) is 64.5 Å². The third-order valence-corrected chi connectivity index (χ3v) is 8.87. The van der Waals surface area contributed by atoms with Crippen molar-refractivity contribution >= 4 is 27.5 Å². The number of nitrogens with zero attached hydrogens (tertiary/aromatic N) is 5. The summed E-state index contributed by atoms with van der Waals surface area (Å²) in [6.07, 6.45) is 5.92. The zero-order valence-electron chi connectivity index (χ0n) is 22.4. The lowest BCUT2D eigenvalue weighted by Gasteiger charge is -2.33. The lowest BCUT2D eigenvalue weighted by molar-refractivity contribution is 0.108. The van der Waals surface area contributed by atoms with Gasteiger partial charge < -0.3 is 15.0 Å². The van der Waals surface area contributed by atoms with Gasteiger partial charge in [-0.25, -0.2) is 13.2 Å². The van der Waals surface area contributed by atoms with Gasteiger partial charge in [0.1, 0.15) is 23.6 Å². The molecule has 3 fully saturated rings. The van der Waals surface area contributed by atoms with Crippen molar-refractivity contribution < 1.29 is 17.9 Å². The van der Waals surface area contributed by atoms with Crippen molar-refractivity contribution in [1.29, 1.82) is 0 Å². The first-order valence-electron chi connectivity index (χ1n) is 14.0. The number of hydrogen-bond donors (Lipinski definition) is 1. The minimum Gasteiger partial charge on any atom is -0.461 e. The minimum atomic E-state index is -1.03. The second-order valence-corrected chi connectivity index (χ2v) is 11.4. The Balaban J connectivity index is 1.34. The maximum absolute atomic E-state index is 16.4. The molecule has 208 valence electrons. The average molecular weight is 549 g/mol. The topological polar surface area (TPSA) is 66.4 Å². The van der Waals surface area contributed by atoms with Crippen LogP contribution in [0.1, 0.15) is 25.7 Å². The molecule has 0 saturated carbocycles. The molecule has 2 aromatic carbocycles. The van der Waals surface area contributed by atoms with E-state index < -0.39 is 17.5 Å². The van der Waals surface area contributed by atoms with Gasteiger partial charge in [-0.05, 0) is 50.2 Å². The number of hydrogen-bond acceptors (Lipinski definition) is 7. The monoisotopic (exact) mass is 548 g/mol. The SMILES string of the molecule is CN(CC1CNC1)c1nc(OCC23CCCN2CCC3)nc2c(F)c(-c3cccc4ccc(F)c(F)c34)ncc12. The van der Waals surface area contributed by atoms with Gasteiger partial charge in [0.15, 0.2) is 17.5 Å². The quantitative estimate of drug-likeness (QED) is 0.352. The molecule has 0 unspecified atom stereocenters. The second-order valence-electron chi connectivity index (χ2n) is 11.4. The number of fused-ring (bicyclic) bond motifs is 3. The molecule has 10 heteroatoms. The Morgan fingerprint density at radius 2 is 1.85 bits per heavy atom. The fourth-order valence-electron chi connectivity index (χ4n) is 6.68. The average Bonchev–Trinajstić information content (AvgIpc) is 3.52. The number of nitrogens with one attached hydrogen (secondary N) is 1. The van der Waals surface area contributed by atoms with Crippen molar-refractivity contribution in [2.24, 2.45) is 5.92 Å². The van der Waals surface area contributed by atoms with Gasteiger partial charge >= 0.3 is 6.01 Å². The minimum absolute atomic E-state index is 0.0183. The molecule has 3 saturated heterocycles. The van der Waals surface area contributed by atoms with Gasteiger partial charge in [-0.3, -0.25) is 9.88 Å². The third-order valence-electron chi connectivity index (χ3n) is 8.87. The molecule has 1 N–H and O–H groups in total. The van der Waals surface area contributed by atoms with E-state index in [-0.39, 0.29) is 33.7 Å². The van der Waals surface area contributed by atoms with Gasteiger partial charge in [-0.2, -0.15) is 9.97 Å². The number of anilines is 1. The Hall–Kier alpha value is -3.50. The first-order chi connectivity index (χ1) is 19.4. The maximum atomic E-state index is 16.4. The lowest BCUT2D eigenvalue weighted by Crippen LogP contribution is -2.47. The van der Waals surface area contributed by atoms with E-state index in [1.807, 2.05) is 11.9 Å². The first kappa shape index (κ1) is 25.5. The van der Waals surface area contributed by atoms with E-state index in [2.05, 4.69) is 20.2 Å². The summed E-state index contributed by atoms with van der Waals surface area (Å²) >= 11 is 0. The predicted molar refractivity (Wildman–Crippen MR) is 148 cm³/mol. The highest BCUT2D eigenvalue weighted by atomic mass is 19.2. The molecule has 0 amide bonds. The zero-order chi connectivity index (χ0) is 27.4. The number of pyridine rings is 1. The van der Waals surface area contributed by atoms with Crippen LogP contribution in [0.2, 0.25) is 0 Å². The molecule has 40 heavy (non-hydrogen) atoms. The smallest absolute Gasteiger partial charge is 0.319 e. The first-order valence-corrected chi connectivity index (χ1v) is 14.0. The summed E-state index contributed by atoms with van der Waals surface area (Å²) in [4.78, 5) is 18.2. The Morgan fingerprint density at radius 3 is 2.60 bits per heavy atom. The molecule has 7 rings (SSSR count). The van der Waals surface area contributed by atoms with Crippen molar-refractivity contribution in [1.82, 2.24) is 25.2 Å². The van der Waals surface area contributed by atoms with Crippen LogP contribution in [0.15, 0.2) is 36.5 Å². The van der Waals surface area contributed by atoms with Crippen LogP contribution in [0.3, 0.4) is 0 Å². The summed E-state index contributed by atoms with van der Waals surface area (Å²) in [7, 11) is 1.92. The fraction of sp³-hybridized carbons (Fsp3) is 0.433. The van der Waals surface area contributed by atoms with Crippen molar-refractivity contribution in [3.63, 3.8) is 0 Å². The van der Waals surface area contributed by atoms with Crippen LogP contribution < -0.4 is 15.0 Å². The van der Waals surface area contributed by atoms with Gasteiger partial charge in [0.2, 0.25) is 0 Å². The lowest BCUT2D eigenvalue weighted by atomic mass is 9.95. The summed E-state index contributed by atoms with van der Waals surface area (Å²) < 4.78 is 51.8. The Bertz CT molecular complexity index is 1600. The highest BCUT2D eigenvalue weighted by molar-refractivity contribution is 5.99. The van der Waals surface area contributed by atoms with Crippen molar-refractivity contribution in [2.45, 2.75) is 31.2 Å². The highest BCUT2D eigenvalue weighted by Crippen LogP contribution is 2.40. The van der Waals surface area contributed by atoms with Gasteiger partial charge in [0.25, 0.3) is 0 Å². The molecule has 7 nitrogen and oxygen atoms in total. The molecule has 3 aliphatic heterocycles. The van der Waals surface area contributed by atoms with E-state index in [4.69, 9.17) is 9.72 Å². The molecule has 0 spiro atoms. The van der Waals surface area contributed by atoms with E-state index in [1.165, 1.54) is 12.3 Å². The Morgan fingerprint density at radius 1 is 1.05 bits per heavy atom. The van der Waals surface area contributed by atoms with Crippen LogP contribution in [0.5, 0.6) is 6.01 Å². The van der Waals surface area contributed by atoms with Gasteiger partial charge in [-0.15, -0.1) is 0 Å². The van der Waals surface area contributed by atoms with E-state index >= 15 is 4.39 Å². The molecule has 5 heterocycles. The molecule has 0 atom stereocenters. The number of benzene rings is 2. The summed E-state index contributed by atoms with van der Waals surface area (Å²) in [5.41, 5.74) is 0.0935. The predicted octanol–water partition coefficient (Wildman–Crippen LogP) is 4.93. The van der Waals surface area contributed by atoms with E-state index in [9.17, 15) is 8.78 Å². The molecule has 0 bridgehead atoms. The van der Waals surface area contributed by atoms with E-state index in [1.54, 1.807) is 18.2 Å². The summed E-state index contributed by atoms with van der Waals surface area (Å²) in [6.45, 7) is 5.13.